The third-order valence-electron chi connectivity index (χ3n) is 2.65. The number of nitrogens with zero attached hydrogens (tertiary/aromatic N) is 3. The van der Waals surface area contributed by atoms with Crippen LogP contribution in [0.5, 0.6) is 17.4 Å². The molecule has 0 unspecified atom stereocenters. The van der Waals surface area contributed by atoms with Gasteiger partial charge >= 0.3 is 5.97 Å². The molecule has 1 heterocycles. The minimum absolute atomic E-state index is 0.0285. The molecule has 0 aliphatic rings. The minimum atomic E-state index is -1.09. The van der Waals surface area contributed by atoms with Gasteiger partial charge in [-0.2, -0.15) is 4.98 Å². The van der Waals surface area contributed by atoms with Crippen molar-refractivity contribution in [1.82, 2.24) is 9.97 Å². The molecule has 110 valence electrons. The van der Waals surface area contributed by atoms with E-state index < -0.39 is 5.97 Å². The molecule has 21 heavy (non-hydrogen) atoms. The van der Waals surface area contributed by atoms with Crippen LogP contribution < -0.4 is 14.4 Å². The maximum absolute atomic E-state index is 11.2. The van der Waals surface area contributed by atoms with E-state index in [1.165, 1.54) is 25.4 Å². The van der Waals surface area contributed by atoms with E-state index in [-0.39, 0.29) is 17.2 Å². The summed E-state index contributed by atoms with van der Waals surface area (Å²) >= 11 is 0. The molecular formula is C14H15N3O4. The van der Waals surface area contributed by atoms with E-state index in [1.807, 2.05) is 0 Å². The normalized spacial score (nSPS) is 10.0. The van der Waals surface area contributed by atoms with Crippen LogP contribution in [0.1, 0.15) is 10.4 Å². The SMILES string of the molecule is COc1ccc(C(=O)O)c(Oc2ccnc(N(C)C)n2)c1. The van der Waals surface area contributed by atoms with Crippen molar-refractivity contribution in [3.8, 4) is 17.4 Å². The zero-order chi connectivity index (χ0) is 15.4. The van der Waals surface area contributed by atoms with Crippen molar-refractivity contribution >= 4 is 11.9 Å². The largest absolute Gasteiger partial charge is 0.497 e. The molecule has 0 atom stereocenters. The van der Waals surface area contributed by atoms with Crippen molar-refractivity contribution in [3.63, 3.8) is 0 Å². The lowest BCUT2D eigenvalue weighted by Gasteiger charge is -2.12. The van der Waals surface area contributed by atoms with Gasteiger partial charge in [0.1, 0.15) is 17.1 Å². The summed E-state index contributed by atoms with van der Waals surface area (Å²) in [5.41, 5.74) is 0.0285. The number of ether oxygens (including phenoxy) is 2. The second-order valence-corrected chi connectivity index (χ2v) is 4.36. The van der Waals surface area contributed by atoms with E-state index in [0.29, 0.717) is 11.7 Å². The van der Waals surface area contributed by atoms with Crippen molar-refractivity contribution in [2.75, 3.05) is 26.1 Å². The summed E-state index contributed by atoms with van der Waals surface area (Å²) in [6.07, 6.45) is 1.54. The van der Waals surface area contributed by atoms with Crippen LogP contribution in [0.15, 0.2) is 30.5 Å². The van der Waals surface area contributed by atoms with Crippen LogP contribution in [-0.2, 0) is 0 Å². The summed E-state index contributed by atoms with van der Waals surface area (Å²) in [7, 11) is 5.09. The van der Waals surface area contributed by atoms with Gasteiger partial charge in [-0.15, -0.1) is 0 Å². The molecule has 2 aromatic rings. The molecule has 0 aliphatic heterocycles. The molecule has 0 amide bonds. The van der Waals surface area contributed by atoms with Crippen molar-refractivity contribution in [1.29, 1.82) is 0 Å². The zero-order valence-corrected chi connectivity index (χ0v) is 11.9. The highest BCUT2D eigenvalue weighted by molar-refractivity contribution is 5.91. The lowest BCUT2D eigenvalue weighted by atomic mass is 10.2. The molecule has 7 nitrogen and oxygen atoms in total. The number of hydrogen-bond acceptors (Lipinski definition) is 6. The van der Waals surface area contributed by atoms with E-state index in [9.17, 15) is 9.90 Å². The quantitative estimate of drug-likeness (QED) is 0.901. The topological polar surface area (TPSA) is 84.8 Å². The van der Waals surface area contributed by atoms with Crippen LogP contribution in [-0.4, -0.2) is 42.2 Å². The molecule has 1 N–H and O–H groups in total. The Morgan fingerprint density at radius 2 is 2.05 bits per heavy atom. The maximum atomic E-state index is 11.2. The summed E-state index contributed by atoms with van der Waals surface area (Å²) in [6.45, 7) is 0. The lowest BCUT2D eigenvalue weighted by Crippen LogP contribution is -2.12. The number of benzene rings is 1. The molecule has 0 bridgehead atoms. The highest BCUT2D eigenvalue weighted by atomic mass is 16.5. The van der Waals surface area contributed by atoms with Crippen molar-refractivity contribution in [2.24, 2.45) is 0 Å². The third-order valence-corrected chi connectivity index (χ3v) is 2.65. The molecule has 0 saturated carbocycles. The van der Waals surface area contributed by atoms with Gasteiger partial charge in [0.15, 0.2) is 0 Å². The van der Waals surface area contributed by atoms with E-state index in [2.05, 4.69) is 9.97 Å². The first kappa shape index (κ1) is 14.6. The number of rotatable bonds is 5. The molecule has 0 saturated heterocycles. The maximum Gasteiger partial charge on any atom is 0.339 e. The first-order valence-corrected chi connectivity index (χ1v) is 6.11. The monoisotopic (exact) mass is 289 g/mol. The highest BCUT2D eigenvalue weighted by Crippen LogP contribution is 2.29. The van der Waals surface area contributed by atoms with E-state index in [0.717, 1.165) is 0 Å². The molecule has 1 aromatic carbocycles. The number of carboxylic acid groups (broad SMARTS) is 1. The Balaban J connectivity index is 2.38. The standard InChI is InChI=1S/C14H15N3O4/c1-17(2)14-15-7-6-12(16-14)21-11-8-9(20-3)4-5-10(11)13(18)19/h4-8H,1-3H3,(H,18,19). The summed E-state index contributed by atoms with van der Waals surface area (Å²) in [6, 6.07) is 6.03. The first-order valence-electron chi connectivity index (χ1n) is 6.11. The van der Waals surface area contributed by atoms with Crippen LogP contribution in [0.25, 0.3) is 0 Å². The smallest absolute Gasteiger partial charge is 0.339 e. The molecule has 2 rings (SSSR count). The summed E-state index contributed by atoms with van der Waals surface area (Å²) < 4.78 is 10.6. The van der Waals surface area contributed by atoms with Crippen molar-refractivity contribution in [2.45, 2.75) is 0 Å². The number of hydrogen-bond donors (Lipinski definition) is 1. The summed E-state index contributed by atoms with van der Waals surface area (Å²) in [5, 5.41) is 9.19. The number of aromatic carboxylic acids is 1. The molecule has 0 fully saturated rings. The Morgan fingerprint density at radius 1 is 1.29 bits per heavy atom. The molecular weight excluding hydrogens is 274 g/mol. The van der Waals surface area contributed by atoms with Crippen LogP contribution in [0, 0.1) is 0 Å². The number of anilines is 1. The van der Waals surface area contributed by atoms with Gasteiger partial charge in [0.05, 0.1) is 7.11 Å². The fourth-order valence-corrected chi connectivity index (χ4v) is 1.61. The van der Waals surface area contributed by atoms with E-state index >= 15 is 0 Å². The number of aromatic nitrogens is 2. The highest BCUT2D eigenvalue weighted by Gasteiger charge is 2.14. The van der Waals surface area contributed by atoms with Gasteiger partial charge in [-0.3, -0.25) is 0 Å². The Bertz CT molecular complexity index is 658. The predicted molar refractivity (Wildman–Crippen MR) is 76.4 cm³/mol. The van der Waals surface area contributed by atoms with E-state index in [4.69, 9.17) is 9.47 Å². The van der Waals surface area contributed by atoms with Gasteiger partial charge in [-0.05, 0) is 12.1 Å². The van der Waals surface area contributed by atoms with Gasteiger partial charge < -0.3 is 19.5 Å². The van der Waals surface area contributed by atoms with Crippen LogP contribution in [0.2, 0.25) is 0 Å². The Hall–Kier alpha value is -2.83. The number of carboxylic acids is 1. The Morgan fingerprint density at radius 3 is 2.67 bits per heavy atom. The van der Waals surface area contributed by atoms with E-state index in [1.54, 1.807) is 31.1 Å². The van der Waals surface area contributed by atoms with Crippen LogP contribution in [0.3, 0.4) is 0 Å². The van der Waals surface area contributed by atoms with Gasteiger partial charge in [-0.25, -0.2) is 9.78 Å². The Kier molecular flexibility index (Phi) is 4.22. The Labute approximate surface area is 121 Å². The number of methoxy groups -OCH3 is 1. The lowest BCUT2D eigenvalue weighted by molar-refractivity contribution is 0.0694. The molecule has 0 aliphatic carbocycles. The second-order valence-electron chi connectivity index (χ2n) is 4.36. The number of carbonyl (C=O) groups is 1. The van der Waals surface area contributed by atoms with Crippen LogP contribution >= 0.6 is 0 Å². The average molecular weight is 289 g/mol. The minimum Gasteiger partial charge on any atom is -0.497 e. The predicted octanol–water partition coefficient (Wildman–Crippen LogP) is 2.04. The second kappa shape index (κ2) is 6.08. The third kappa shape index (κ3) is 3.38. The van der Waals surface area contributed by atoms with Gasteiger partial charge in [-0.1, -0.05) is 0 Å². The molecule has 1 aromatic heterocycles. The fraction of sp³-hybridized carbons (Fsp3) is 0.214. The zero-order valence-electron chi connectivity index (χ0n) is 11.9. The molecule has 0 spiro atoms. The summed E-state index contributed by atoms with van der Waals surface area (Å²) in [5.74, 6) is 0.286. The fourth-order valence-electron chi connectivity index (χ4n) is 1.61. The average Bonchev–Trinajstić information content (AvgIpc) is 2.47. The van der Waals surface area contributed by atoms with Crippen molar-refractivity contribution < 1.29 is 19.4 Å². The molecule has 0 radical (unpaired) electrons. The first-order chi connectivity index (χ1) is 10.0. The summed E-state index contributed by atoms with van der Waals surface area (Å²) in [4.78, 5) is 21.2. The van der Waals surface area contributed by atoms with Crippen LogP contribution in [0.4, 0.5) is 5.95 Å². The van der Waals surface area contributed by atoms with Gasteiger partial charge in [0.25, 0.3) is 0 Å². The van der Waals surface area contributed by atoms with Gasteiger partial charge in [0.2, 0.25) is 11.8 Å². The van der Waals surface area contributed by atoms with Gasteiger partial charge in [0, 0.05) is 32.4 Å². The molecule has 7 heteroatoms. The van der Waals surface area contributed by atoms with Crippen molar-refractivity contribution in [3.05, 3.63) is 36.0 Å².